The molecule has 0 amide bonds. The van der Waals surface area contributed by atoms with Gasteiger partial charge in [-0.15, -0.1) is 0 Å². The van der Waals surface area contributed by atoms with Gasteiger partial charge in [0.1, 0.15) is 17.2 Å². The minimum Gasteiger partial charge on any atom is -0.398 e. The van der Waals surface area contributed by atoms with Gasteiger partial charge < -0.3 is 10.8 Å². The summed E-state index contributed by atoms with van der Waals surface area (Å²) in [5.74, 6) is 0.252. The van der Waals surface area contributed by atoms with E-state index in [4.69, 9.17) is 15.7 Å². The van der Waals surface area contributed by atoms with Crippen molar-refractivity contribution in [2.45, 2.75) is 6.61 Å². The minimum atomic E-state index is -0.402. The third-order valence-electron chi connectivity index (χ3n) is 5.07. The molecule has 0 aliphatic rings. The van der Waals surface area contributed by atoms with Gasteiger partial charge >= 0.3 is 0 Å². The SMILES string of the molecule is Nc1ccccc1-c1nc2ccc(-c3ccc(F)cn3)nc2n1-c1ccc(CO)cc1. The molecule has 0 unspecified atom stereocenters. The molecule has 5 aromatic rings. The molecule has 0 saturated carbocycles. The molecule has 31 heavy (non-hydrogen) atoms. The molecular weight excluding hydrogens is 393 g/mol. The number of hydrogen-bond acceptors (Lipinski definition) is 5. The van der Waals surface area contributed by atoms with Crippen molar-refractivity contribution in [3.63, 3.8) is 0 Å². The summed E-state index contributed by atoms with van der Waals surface area (Å²) in [6.07, 6.45) is 1.17. The van der Waals surface area contributed by atoms with E-state index in [-0.39, 0.29) is 6.61 Å². The predicted molar refractivity (Wildman–Crippen MR) is 118 cm³/mol. The highest BCUT2D eigenvalue weighted by Gasteiger charge is 2.18. The number of aliphatic hydroxyl groups is 1. The van der Waals surface area contributed by atoms with E-state index in [1.165, 1.54) is 12.3 Å². The number of rotatable bonds is 4. The monoisotopic (exact) mass is 411 g/mol. The zero-order chi connectivity index (χ0) is 21.4. The van der Waals surface area contributed by atoms with Gasteiger partial charge in [0.05, 0.1) is 24.2 Å². The maximum atomic E-state index is 13.3. The maximum absolute atomic E-state index is 13.3. The second-order valence-electron chi connectivity index (χ2n) is 7.08. The van der Waals surface area contributed by atoms with Crippen molar-refractivity contribution in [1.29, 1.82) is 0 Å². The first-order valence-corrected chi connectivity index (χ1v) is 9.70. The fourth-order valence-corrected chi connectivity index (χ4v) is 3.50. The number of aliphatic hydroxyl groups excluding tert-OH is 1. The zero-order valence-electron chi connectivity index (χ0n) is 16.4. The van der Waals surface area contributed by atoms with E-state index in [1.54, 1.807) is 6.07 Å². The Labute approximate surface area is 177 Å². The van der Waals surface area contributed by atoms with Crippen LogP contribution in [-0.2, 0) is 6.61 Å². The van der Waals surface area contributed by atoms with E-state index in [1.807, 2.05) is 65.2 Å². The molecule has 0 aliphatic heterocycles. The Morgan fingerprint density at radius 2 is 1.65 bits per heavy atom. The summed E-state index contributed by atoms with van der Waals surface area (Å²) >= 11 is 0. The smallest absolute Gasteiger partial charge is 0.165 e. The van der Waals surface area contributed by atoms with Crippen LogP contribution in [0.25, 0.3) is 39.6 Å². The highest BCUT2D eigenvalue weighted by atomic mass is 19.1. The first-order valence-electron chi connectivity index (χ1n) is 9.70. The highest BCUT2D eigenvalue weighted by molar-refractivity contribution is 5.85. The Hall–Kier alpha value is -4.10. The molecule has 3 aromatic heterocycles. The quantitative estimate of drug-likeness (QED) is 0.429. The lowest BCUT2D eigenvalue weighted by Crippen LogP contribution is -2.01. The van der Waals surface area contributed by atoms with Crippen molar-refractivity contribution in [2.75, 3.05) is 5.73 Å². The number of nitrogen functional groups attached to an aromatic ring is 1. The van der Waals surface area contributed by atoms with Gasteiger partial charge in [-0.25, -0.2) is 14.4 Å². The number of imidazole rings is 1. The average Bonchev–Trinajstić information content (AvgIpc) is 3.18. The van der Waals surface area contributed by atoms with Crippen LogP contribution in [-0.4, -0.2) is 24.6 Å². The topological polar surface area (TPSA) is 89.9 Å². The average molecular weight is 411 g/mol. The second kappa shape index (κ2) is 7.62. The van der Waals surface area contributed by atoms with Crippen LogP contribution in [0.5, 0.6) is 0 Å². The van der Waals surface area contributed by atoms with Crippen LogP contribution in [0.15, 0.2) is 79.0 Å². The number of anilines is 1. The maximum Gasteiger partial charge on any atom is 0.165 e. The Morgan fingerprint density at radius 3 is 2.35 bits per heavy atom. The summed E-state index contributed by atoms with van der Waals surface area (Å²) in [6.45, 7) is -0.0396. The van der Waals surface area contributed by atoms with E-state index in [0.29, 0.717) is 34.1 Å². The summed E-state index contributed by atoms with van der Waals surface area (Å²) in [5.41, 5.74) is 11.8. The number of nitrogens with zero attached hydrogens (tertiary/aromatic N) is 4. The number of hydrogen-bond donors (Lipinski definition) is 2. The summed E-state index contributed by atoms with van der Waals surface area (Å²) in [6, 6.07) is 21.7. The largest absolute Gasteiger partial charge is 0.398 e. The summed E-state index contributed by atoms with van der Waals surface area (Å²) in [5, 5.41) is 9.40. The van der Waals surface area contributed by atoms with Crippen molar-refractivity contribution >= 4 is 16.9 Å². The number of para-hydroxylation sites is 1. The number of nitrogens with two attached hydrogens (primary N) is 1. The third kappa shape index (κ3) is 3.41. The molecule has 0 atom stereocenters. The fraction of sp³-hybridized carbons (Fsp3) is 0.0417. The van der Waals surface area contributed by atoms with Crippen LogP contribution in [0, 0.1) is 5.82 Å². The summed E-state index contributed by atoms with van der Waals surface area (Å²) in [7, 11) is 0. The Morgan fingerprint density at radius 1 is 0.871 bits per heavy atom. The number of pyridine rings is 2. The zero-order valence-corrected chi connectivity index (χ0v) is 16.4. The molecule has 2 aromatic carbocycles. The molecule has 0 spiro atoms. The molecule has 3 N–H and O–H groups in total. The summed E-state index contributed by atoms with van der Waals surface area (Å²) < 4.78 is 15.2. The van der Waals surface area contributed by atoms with Crippen molar-refractivity contribution < 1.29 is 9.50 Å². The predicted octanol–water partition coefficient (Wildman–Crippen LogP) is 4.36. The van der Waals surface area contributed by atoms with Gasteiger partial charge in [-0.3, -0.25) is 9.55 Å². The minimum absolute atomic E-state index is 0.0396. The first kappa shape index (κ1) is 18.9. The molecule has 0 radical (unpaired) electrons. The molecule has 0 aliphatic carbocycles. The van der Waals surface area contributed by atoms with Crippen molar-refractivity contribution in [1.82, 2.24) is 19.5 Å². The second-order valence-corrected chi connectivity index (χ2v) is 7.08. The van der Waals surface area contributed by atoms with Gasteiger partial charge in [-0.05, 0) is 54.1 Å². The van der Waals surface area contributed by atoms with Crippen LogP contribution in [0.4, 0.5) is 10.1 Å². The molecule has 0 fully saturated rings. The van der Waals surface area contributed by atoms with Crippen molar-refractivity contribution in [2.24, 2.45) is 0 Å². The number of aromatic nitrogens is 4. The molecule has 0 bridgehead atoms. The van der Waals surface area contributed by atoms with Crippen LogP contribution >= 0.6 is 0 Å². The van der Waals surface area contributed by atoms with E-state index < -0.39 is 5.82 Å². The molecular formula is C24H18FN5O. The number of fused-ring (bicyclic) bond motifs is 1. The highest BCUT2D eigenvalue weighted by Crippen LogP contribution is 2.32. The van der Waals surface area contributed by atoms with Gasteiger partial charge in [0.15, 0.2) is 5.65 Å². The third-order valence-corrected chi connectivity index (χ3v) is 5.07. The van der Waals surface area contributed by atoms with E-state index >= 15 is 0 Å². The van der Waals surface area contributed by atoms with Crippen LogP contribution in [0.3, 0.4) is 0 Å². The molecule has 7 heteroatoms. The van der Waals surface area contributed by atoms with E-state index in [0.717, 1.165) is 16.8 Å². The first-order chi connectivity index (χ1) is 15.1. The van der Waals surface area contributed by atoms with Gasteiger partial charge in [0, 0.05) is 16.9 Å². The number of benzene rings is 2. The van der Waals surface area contributed by atoms with Gasteiger partial charge in [-0.1, -0.05) is 24.3 Å². The van der Waals surface area contributed by atoms with Gasteiger partial charge in [-0.2, -0.15) is 0 Å². The van der Waals surface area contributed by atoms with Crippen molar-refractivity contribution in [3.8, 4) is 28.5 Å². The Bertz CT molecular complexity index is 1380. The van der Waals surface area contributed by atoms with Gasteiger partial charge in [0.25, 0.3) is 0 Å². The lowest BCUT2D eigenvalue weighted by atomic mass is 10.1. The molecule has 6 nitrogen and oxygen atoms in total. The van der Waals surface area contributed by atoms with E-state index in [2.05, 4.69) is 4.98 Å². The van der Waals surface area contributed by atoms with Crippen molar-refractivity contribution in [3.05, 3.63) is 90.4 Å². The van der Waals surface area contributed by atoms with Gasteiger partial charge in [0.2, 0.25) is 0 Å². The van der Waals surface area contributed by atoms with Crippen LogP contribution in [0.1, 0.15) is 5.56 Å². The molecule has 5 rings (SSSR count). The lowest BCUT2D eigenvalue weighted by molar-refractivity contribution is 0.282. The number of halogens is 1. The Balaban J connectivity index is 1.77. The van der Waals surface area contributed by atoms with Crippen LogP contribution in [0.2, 0.25) is 0 Å². The summed E-state index contributed by atoms with van der Waals surface area (Å²) in [4.78, 5) is 13.7. The Kier molecular flexibility index (Phi) is 4.65. The normalized spacial score (nSPS) is 11.2. The van der Waals surface area contributed by atoms with Crippen LogP contribution < -0.4 is 5.73 Å². The molecule has 152 valence electrons. The molecule has 3 heterocycles. The van der Waals surface area contributed by atoms with E-state index in [9.17, 15) is 9.50 Å². The fourth-order valence-electron chi connectivity index (χ4n) is 3.50. The standard InChI is InChI=1S/C24H18FN5O/c25-16-7-10-20(27-13-16)21-11-12-22-24(28-21)30(17-8-5-15(14-31)6-9-17)23(29-22)18-3-1-2-4-19(18)26/h1-13,31H,14,26H2. The molecule has 0 saturated heterocycles. The lowest BCUT2D eigenvalue weighted by Gasteiger charge is -2.11.